The van der Waals surface area contributed by atoms with Crippen molar-refractivity contribution in [1.29, 1.82) is 0 Å². The number of para-hydroxylation sites is 2. The molecule has 1 aromatic heterocycles. The quantitative estimate of drug-likeness (QED) is 0.467. The maximum Gasteiger partial charge on any atom is 0.276 e. The number of hydrogen-bond donors (Lipinski definition) is 2. The SMILES string of the molecule is CCOc1ccccc1OCC(=O)NNC(=O)CCc1ncc(-c2ccc(OC)cc2)o1. The summed E-state index contributed by atoms with van der Waals surface area (Å²) in [6, 6.07) is 14.4. The van der Waals surface area contributed by atoms with Crippen LogP contribution in [0.15, 0.2) is 59.1 Å². The lowest BCUT2D eigenvalue weighted by Crippen LogP contribution is -2.43. The van der Waals surface area contributed by atoms with Crippen molar-refractivity contribution in [3.63, 3.8) is 0 Å². The molecule has 0 atom stereocenters. The molecule has 3 rings (SSSR count). The molecular formula is C23H25N3O6. The van der Waals surface area contributed by atoms with Gasteiger partial charge in [0.1, 0.15) is 5.75 Å². The second-order valence-electron chi connectivity index (χ2n) is 6.61. The number of nitrogens with one attached hydrogen (secondary N) is 2. The maximum absolute atomic E-state index is 12.0. The van der Waals surface area contributed by atoms with Crippen LogP contribution in [0.2, 0.25) is 0 Å². The summed E-state index contributed by atoms with van der Waals surface area (Å²) in [6.45, 7) is 2.07. The third-order valence-electron chi connectivity index (χ3n) is 4.34. The smallest absolute Gasteiger partial charge is 0.276 e. The van der Waals surface area contributed by atoms with Crippen molar-refractivity contribution in [3.05, 3.63) is 60.6 Å². The van der Waals surface area contributed by atoms with Crippen molar-refractivity contribution in [1.82, 2.24) is 15.8 Å². The van der Waals surface area contributed by atoms with Crippen molar-refractivity contribution in [2.45, 2.75) is 19.8 Å². The summed E-state index contributed by atoms with van der Waals surface area (Å²) in [5.41, 5.74) is 5.52. The average molecular weight is 439 g/mol. The van der Waals surface area contributed by atoms with E-state index in [4.69, 9.17) is 18.6 Å². The Hall–Kier alpha value is -4.01. The molecular weight excluding hydrogens is 414 g/mol. The van der Waals surface area contributed by atoms with Gasteiger partial charge >= 0.3 is 0 Å². The van der Waals surface area contributed by atoms with Gasteiger partial charge in [0.25, 0.3) is 5.91 Å². The van der Waals surface area contributed by atoms with E-state index in [0.717, 1.165) is 11.3 Å². The van der Waals surface area contributed by atoms with Crippen molar-refractivity contribution in [2.75, 3.05) is 20.3 Å². The molecule has 9 heteroatoms. The van der Waals surface area contributed by atoms with Gasteiger partial charge in [0, 0.05) is 18.4 Å². The van der Waals surface area contributed by atoms with E-state index in [1.165, 1.54) is 0 Å². The number of nitrogens with zero attached hydrogens (tertiary/aromatic N) is 1. The van der Waals surface area contributed by atoms with Gasteiger partial charge in [-0.25, -0.2) is 4.98 Å². The zero-order chi connectivity index (χ0) is 22.8. The summed E-state index contributed by atoms with van der Waals surface area (Å²) in [6.07, 6.45) is 1.99. The lowest BCUT2D eigenvalue weighted by Gasteiger charge is -2.11. The second-order valence-corrected chi connectivity index (χ2v) is 6.61. The minimum atomic E-state index is -0.498. The summed E-state index contributed by atoms with van der Waals surface area (Å²) in [5, 5.41) is 0. The normalized spacial score (nSPS) is 10.3. The van der Waals surface area contributed by atoms with E-state index in [1.54, 1.807) is 31.5 Å². The first kappa shape index (κ1) is 22.7. The molecule has 0 fully saturated rings. The third kappa shape index (κ3) is 6.49. The number of hydrogen-bond acceptors (Lipinski definition) is 7. The highest BCUT2D eigenvalue weighted by Gasteiger charge is 2.11. The number of amides is 2. The molecule has 9 nitrogen and oxygen atoms in total. The summed E-state index contributed by atoms with van der Waals surface area (Å²) in [7, 11) is 1.60. The number of rotatable bonds is 10. The van der Waals surface area contributed by atoms with Gasteiger partial charge in [-0.3, -0.25) is 20.4 Å². The Morgan fingerprint density at radius 3 is 2.34 bits per heavy atom. The lowest BCUT2D eigenvalue weighted by molar-refractivity contribution is -0.130. The summed E-state index contributed by atoms with van der Waals surface area (Å²) in [5.74, 6) is 1.89. The topological polar surface area (TPSA) is 112 Å². The van der Waals surface area contributed by atoms with Crippen LogP contribution in [0.5, 0.6) is 17.2 Å². The van der Waals surface area contributed by atoms with Gasteiger partial charge in [-0.2, -0.15) is 0 Å². The van der Waals surface area contributed by atoms with Gasteiger partial charge < -0.3 is 18.6 Å². The third-order valence-corrected chi connectivity index (χ3v) is 4.34. The molecule has 168 valence electrons. The number of hydrazine groups is 1. The molecule has 2 amide bonds. The van der Waals surface area contributed by atoms with Crippen molar-refractivity contribution >= 4 is 11.8 Å². The average Bonchev–Trinajstić information content (AvgIpc) is 3.30. The predicted molar refractivity (Wildman–Crippen MR) is 116 cm³/mol. The molecule has 0 aliphatic rings. The number of aryl methyl sites for hydroxylation is 1. The number of benzene rings is 2. The van der Waals surface area contributed by atoms with Gasteiger partial charge in [0.15, 0.2) is 29.8 Å². The first-order valence-corrected chi connectivity index (χ1v) is 10.1. The largest absolute Gasteiger partial charge is 0.497 e. The van der Waals surface area contributed by atoms with Crippen LogP contribution in [0.4, 0.5) is 0 Å². The highest BCUT2D eigenvalue weighted by atomic mass is 16.5. The Balaban J connectivity index is 1.40. The molecule has 0 bridgehead atoms. The van der Waals surface area contributed by atoms with Crippen LogP contribution >= 0.6 is 0 Å². The minimum Gasteiger partial charge on any atom is -0.497 e. The second kappa shape index (κ2) is 11.4. The lowest BCUT2D eigenvalue weighted by atomic mass is 10.2. The number of aromatic nitrogens is 1. The monoisotopic (exact) mass is 439 g/mol. The Bertz CT molecular complexity index is 1030. The first-order valence-electron chi connectivity index (χ1n) is 10.1. The Morgan fingerprint density at radius 1 is 0.969 bits per heavy atom. The number of methoxy groups -OCH3 is 1. The van der Waals surface area contributed by atoms with E-state index < -0.39 is 5.91 Å². The Morgan fingerprint density at radius 2 is 1.66 bits per heavy atom. The number of ether oxygens (including phenoxy) is 3. The molecule has 32 heavy (non-hydrogen) atoms. The first-order chi connectivity index (χ1) is 15.6. The van der Waals surface area contributed by atoms with E-state index in [-0.39, 0.29) is 25.4 Å². The number of carbonyl (C=O) groups excluding carboxylic acids is 2. The molecule has 1 heterocycles. The van der Waals surface area contributed by atoms with Crippen LogP contribution in [-0.2, 0) is 16.0 Å². The number of oxazole rings is 1. The zero-order valence-corrected chi connectivity index (χ0v) is 17.9. The van der Waals surface area contributed by atoms with Gasteiger partial charge in [0.2, 0.25) is 5.91 Å². The van der Waals surface area contributed by atoms with Gasteiger partial charge in [-0.05, 0) is 43.3 Å². The summed E-state index contributed by atoms with van der Waals surface area (Å²) < 4.78 is 21.7. The predicted octanol–water partition coefficient (Wildman–Crippen LogP) is 2.91. The van der Waals surface area contributed by atoms with E-state index in [1.807, 2.05) is 37.3 Å². The highest BCUT2D eigenvalue weighted by molar-refractivity contribution is 5.82. The Labute approximate surface area is 185 Å². The van der Waals surface area contributed by atoms with Crippen molar-refractivity contribution in [3.8, 4) is 28.6 Å². The van der Waals surface area contributed by atoms with Crippen molar-refractivity contribution in [2.24, 2.45) is 0 Å². The van der Waals surface area contributed by atoms with E-state index in [0.29, 0.717) is 29.8 Å². The molecule has 0 unspecified atom stereocenters. The molecule has 0 aliphatic carbocycles. The molecule has 0 radical (unpaired) electrons. The van der Waals surface area contributed by atoms with E-state index in [9.17, 15) is 9.59 Å². The van der Waals surface area contributed by atoms with Crippen LogP contribution < -0.4 is 25.1 Å². The maximum atomic E-state index is 12.0. The van der Waals surface area contributed by atoms with E-state index >= 15 is 0 Å². The molecule has 0 spiro atoms. The van der Waals surface area contributed by atoms with Crippen LogP contribution in [0, 0.1) is 0 Å². The van der Waals surface area contributed by atoms with Crippen LogP contribution in [0.3, 0.4) is 0 Å². The fourth-order valence-electron chi connectivity index (χ4n) is 2.76. The highest BCUT2D eigenvalue weighted by Crippen LogP contribution is 2.26. The zero-order valence-electron chi connectivity index (χ0n) is 17.9. The standard InChI is InChI=1S/C23H25N3O6/c1-3-30-18-6-4-5-7-19(18)31-15-22(28)26-25-21(27)12-13-23-24-14-20(32-23)16-8-10-17(29-2)11-9-16/h4-11,14H,3,12-13,15H2,1-2H3,(H,25,27)(H,26,28). The fraction of sp³-hybridized carbons (Fsp3) is 0.261. The van der Waals surface area contributed by atoms with Crippen LogP contribution in [0.1, 0.15) is 19.2 Å². The molecule has 0 saturated heterocycles. The molecule has 2 N–H and O–H groups in total. The molecule has 0 aliphatic heterocycles. The summed E-state index contributed by atoms with van der Waals surface area (Å²) in [4.78, 5) is 28.1. The van der Waals surface area contributed by atoms with Gasteiger partial charge in [0.05, 0.1) is 19.9 Å². The van der Waals surface area contributed by atoms with Crippen molar-refractivity contribution < 1.29 is 28.2 Å². The minimum absolute atomic E-state index is 0.0941. The Kier molecular flexibility index (Phi) is 8.08. The molecule has 3 aromatic rings. The summed E-state index contributed by atoms with van der Waals surface area (Å²) >= 11 is 0. The van der Waals surface area contributed by atoms with Crippen LogP contribution in [0.25, 0.3) is 11.3 Å². The molecule has 2 aromatic carbocycles. The van der Waals surface area contributed by atoms with E-state index in [2.05, 4.69) is 15.8 Å². The molecule has 0 saturated carbocycles. The van der Waals surface area contributed by atoms with Gasteiger partial charge in [-0.15, -0.1) is 0 Å². The van der Waals surface area contributed by atoms with Gasteiger partial charge in [-0.1, -0.05) is 12.1 Å². The number of carbonyl (C=O) groups is 2. The fourth-order valence-corrected chi connectivity index (χ4v) is 2.76. The van der Waals surface area contributed by atoms with Crippen LogP contribution in [-0.4, -0.2) is 37.1 Å².